The quantitative estimate of drug-likeness (QED) is 0.898. The highest BCUT2D eigenvalue weighted by atomic mass is 32.1. The summed E-state index contributed by atoms with van der Waals surface area (Å²) in [5, 5.41) is 1.15. The fourth-order valence-electron chi connectivity index (χ4n) is 2.41. The molecule has 0 bridgehead atoms. The molecule has 0 fully saturated rings. The third-order valence-electron chi connectivity index (χ3n) is 3.59. The van der Waals surface area contributed by atoms with Crippen LogP contribution in [0.4, 0.5) is 0 Å². The van der Waals surface area contributed by atoms with Crippen LogP contribution in [-0.2, 0) is 19.3 Å². The molecule has 2 aromatic rings. The molecule has 1 aromatic carbocycles. The highest BCUT2D eigenvalue weighted by Gasteiger charge is 2.20. The molecule has 0 spiro atoms. The Hall–Kier alpha value is -1.19. The van der Waals surface area contributed by atoms with Gasteiger partial charge in [0.15, 0.2) is 0 Å². The predicted molar refractivity (Wildman–Crippen MR) is 76.9 cm³/mol. The van der Waals surface area contributed by atoms with E-state index < -0.39 is 0 Å². The first-order valence-electron chi connectivity index (χ1n) is 6.59. The molecule has 2 nitrogen and oxygen atoms in total. The Morgan fingerprint density at radius 1 is 1.33 bits per heavy atom. The van der Waals surface area contributed by atoms with Gasteiger partial charge in [0, 0.05) is 16.5 Å². The Kier molecular flexibility index (Phi) is 3.18. The third kappa shape index (κ3) is 2.20. The summed E-state index contributed by atoms with van der Waals surface area (Å²) in [6, 6.07) is 9.09. The van der Waals surface area contributed by atoms with Gasteiger partial charge in [-0.3, -0.25) is 0 Å². The molecular weight excluding hydrogens is 240 g/mol. The van der Waals surface area contributed by atoms with Crippen molar-refractivity contribution in [2.75, 3.05) is 0 Å². The third-order valence-corrected chi connectivity index (χ3v) is 4.76. The molecule has 94 valence electrons. The first-order valence-corrected chi connectivity index (χ1v) is 7.41. The molecule has 1 atom stereocenters. The number of nitrogens with two attached hydrogens (primary N) is 1. The van der Waals surface area contributed by atoms with Gasteiger partial charge in [-0.05, 0) is 31.2 Å². The fraction of sp³-hybridized carbons (Fsp3) is 0.400. The van der Waals surface area contributed by atoms with Gasteiger partial charge in [0.1, 0.15) is 5.01 Å². The van der Waals surface area contributed by atoms with Crippen LogP contribution in [0.2, 0.25) is 0 Å². The van der Waals surface area contributed by atoms with E-state index in [0.29, 0.717) is 6.04 Å². The summed E-state index contributed by atoms with van der Waals surface area (Å²) in [7, 11) is 0. The number of hydrogen-bond donors (Lipinski definition) is 1. The van der Waals surface area contributed by atoms with Gasteiger partial charge in [0.2, 0.25) is 0 Å². The maximum atomic E-state index is 6.01. The lowest BCUT2D eigenvalue weighted by Gasteiger charge is -2.15. The van der Waals surface area contributed by atoms with E-state index in [1.165, 1.54) is 21.7 Å². The average molecular weight is 258 g/mol. The van der Waals surface area contributed by atoms with E-state index in [1.807, 2.05) is 11.3 Å². The van der Waals surface area contributed by atoms with Crippen LogP contribution in [0.5, 0.6) is 0 Å². The van der Waals surface area contributed by atoms with Crippen molar-refractivity contribution < 1.29 is 0 Å². The molecule has 2 N–H and O–H groups in total. The molecule has 1 aliphatic carbocycles. The second kappa shape index (κ2) is 4.82. The summed E-state index contributed by atoms with van der Waals surface area (Å²) in [5.74, 6) is 0. The zero-order chi connectivity index (χ0) is 12.5. The molecule has 3 rings (SSSR count). The Labute approximate surface area is 112 Å². The van der Waals surface area contributed by atoms with E-state index in [9.17, 15) is 0 Å². The fourth-order valence-corrected chi connectivity index (χ4v) is 3.61. The van der Waals surface area contributed by atoms with Gasteiger partial charge in [0.05, 0.1) is 5.69 Å². The number of rotatable bonds is 2. The number of fused-ring (bicyclic) bond motifs is 1. The van der Waals surface area contributed by atoms with Crippen LogP contribution in [0.1, 0.15) is 29.5 Å². The molecule has 0 amide bonds. The van der Waals surface area contributed by atoms with Gasteiger partial charge in [0.25, 0.3) is 0 Å². The predicted octanol–water partition coefficient (Wildman–Crippen LogP) is 3.19. The lowest BCUT2D eigenvalue weighted by molar-refractivity contribution is 0.576. The first kappa shape index (κ1) is 11.9. The molecule has 1 aromatic heterocycles. The van der Waals surface area contributed by atoms with Crippen molar-refractivity contribution in [3.63, 3.8) is 0 Å². The van der Waals surface area contributed by atoms with Gasteiger partial charge in [-0.15, -0.1) is 11.3 Å². The van der Waals surface area contributed by atoms with Crippen molar-refractivity contribution >= 4 is 11.3 Å². The SMILES string of the molecule is CCc1ccc(-c2nc3c(s2)CC(N)CC3)cc1. The maximum Gasteiger partial charge on any atom is 0.123 e. The van der Waals surface area contributed by atoms with Crippen molar-refractivity contribution in [2.45, 2.75) is 38.6 Å². The smallest absolute Gasteiger partial charge is 0.123 e. The molecule has 1 aliphatic rings. The Morgan fingerprint density at radius 3 is 2.83 bits per heavy atom. The molecule has 18 heavy (non-hydrogen) atoms. The molecule has 1 unspecified atom stereocenters. The minimum atomic E-state index is 0.327. The van der Waals surface area contributed by atoms with E-state index in [2.05, 4.69) is 31.2 Å². The Bertz CT molecular complexity index is 542. The summed E-state index contributed by atoms with van der Waals surface area (Å²) in [6.07, 6.45) is 4.20. The van der Waals surface area contributed by atoms with Crippen molar-refractivity contribution in [1.82, 2.24) is 4.98 Å². The largest absolute Gasteiger partial charge is 0.327 e. The number of aryl methyl sites for hydroxylation is 2. The Morgan fingerprint density at radius 2 is 2.11 bits per heavy atom. The van der Waals surface area contributed by atoms with Crippen molar-refractivity contribution in [3.8, 4) is 10.6 Å². The molecular formula is C15H18N2S. The molecule has 0 aliphatic heterocycles. The number of nitrogens with zero attached hydrogens (tertiary/aromatic N) is 1. The summed E-state index contributed by atoms with van der Waals surface area (Å²) >= 11 is 1.81. The minimum absolute atomic E-state index is 0.327. The summed E-state index contributed by atoms with van der Waals surface area (Å²) in [6.45, 7) is 2.18. The summed E-state index contributed by atoms with van der Waals surface area (Å²) < 4.78 is 0. The molecule has 3 heteroatoms. The standard InChI is InChI=1S/C15H18N2S/c1-2-10-3-5-11(6-4-10)15-17-13-8-7-12(16)9-14(13)18-15/h3-6,12H,2,7-9,16H2,1H3. The number of hydrogen-bond acceptors (Lipinski definition) is 3. The van der Waals surface area contributed by atoms with Crippen molar-refractivity contribution in [1.29, 1.82) is 0 Å². The van der Waals surface area contributed by atoms with E-state index in [0.717, 1.165) is 30.7 Å². The lowest BCUT2D eigenvalue weighted by Crippen LogP contribution is -2.26. The van der Waals surface area contributed by atoms with E-state index in [4.69, 9.17) is 10.7 Å². The minimum Gasteiger partial charge on any atom is -0.327 e. The maximum absolute atomic E-state index is 6.01. The number of thiazole rings is 1. The van der Waals surface area contributed by atoms with Crippen molar-refractivity contribution in [2.24, 2.45) is 5.73 Å². The highest BCUT2D eigenvalue weighted by Crippen LogP contribution is 2.32. The van der Waals surface area contributed by atoms with Gasteiger partial charge in [-0.1, -0.05) is 31.2 Å². The summed E-state index contributed by atoms with van der Waals surface area (Å²) in [5.41, 5.74) is 9.90. The van der Waals surface area contributed by atoms with Crippen LogP contribution in [0.15, 0.2) is 24.3 Å². The molecule has 1 heterocycles. The van der Waals surface area contributed by atoms with E-state index >= 15 is 0 Å². The number of benzene rings is 1. The van der Waals surface area contributed by atoms with Crippen LogP contribution in [0.3, 0.4) is 0 Å². The van der Waals surface area contributed by atoms with Gasteiger partial charge in [-0.2, -0.15) is 0 Å². The average Bonchev–Trinajstić information content (AvgIpc) is 2.81. The first-order chi connectivity index (χ1) is 8.76. The zero-order valence-corrected chi connectivity index (χ0v) is 11.5. The zero-order valence-electron chi connectivity index (χ0n) is 10.6. The van der Waals surface area contributed by atoms with Crippen LogP contribution in [0.25, 0.3) is 10.6 Å². The second-order valence-electron chi connectivity index (χ2n) is 4.94. The molecule has 0 radical (unpaired) electrons. The van der Waals surface area contributed by atoms with Gasteiger partial charge >= 0.3 is 0 Å². The van der Waals surface area contributed by atoms with Crippen LogP contribution < -0.4 is 5.73 Å². The second-order valence-corrected chi connectivity index (χ2v) is 6.03. The number of aromatic nitrogens is 1. The Balaban J connectivity index is 1.92. The van der Waals surface area contributed by atoms with Gasteiger partial charge in [-0.25, -0.2) is 4.98 Å². The lowest BCUT2D eigenvalue weighted by atomic mass is 9.99. The normalized spacial score (nSPS) is 18.7. The molecule has 0 saturated heterocycles. The van der Waals surface area contributed by atoms with E-state index in [-0.39, 0.29) is 0 Å². The van der Waals surface area contributed by atoms with Crippen molar-refractivity contribution in [3.05, 3.63) is 40.4 Å². The van der Waals surface area contributed by atoms with Crippen LogP contribution in [0, 0.1) is 0 Å². The topological polar surface area (TPSA) is 38.9 Å². The monoisotopic (exact) mass is 258 g/mol. The highest BCUT2D eigenvalue weighted by molar-refractivity contribution is 7.15. The van der Waals surface area contributed by atoms with Crippen LogP contribution in [-0.4, -0.2) is 11.0 Å². The van der Waals surface area contributed by atoms with Crippen LogP contribution >= 0.6 is 11.3 Å². The van der Waals surface area contributed by atoms with E-state index in [1.54, 1.807) is 0 Å². The molecule has 0 saturated carbocycles. The van der Waals surface area contributed by atoms with Gasteiger partial charge < -0.3 is 5.73 Å². The summed E-state index contributed by atoms with van der Waals surface area (Å²) in [4.78, 5) is 6.17.